The second kappa shape index (κ2) is 15.9. The fraction of sp³-hybridized carbons (Fsp3) is 0.114. The lowest BCUT2D eigenvalue weighted by atomic mass is 9.34. The molecular weight excluding hydrogens is 912 g/mol. The molecule has 0 unspecified atom stereocenters. The summed E-state index contributed by atoms with van der Waals surface area (Å²) in [7, 11) is 0. The second-order valence-electron chi connectivity index (χ2n) is 22.2. The van der Waals surface area contributed by atoms with Crippen molar-refractivity contribution in [3.63, 3.8) is 0 Å². The maximum absolute atomic E-state index is 7.10. The first-order valence-corrected chi connectivity index (χ1v) is 26.4. The molecule has 0 aromatic heterocycles. The van der Waals surface area contributed by atoms with Gasteiger partial charge in [0.1, 0.15) is 23.0 Å². The topological polar surface area (TPSA) is 24.9 Å². The molecule has 15 rings (SSSR count). The third kappa shape index (κ3) is 6.31. The van der Waals surface area contributed by atoms with Gasteiger partial charge in [-0.1, -0.05) is 155 Å². The maximum atomic E-state index is 7.10. The summed E-state index contributed by atoms with van der Waals surface area (Å²) >= 11 is 0. The van der Waals surface area contributed by atoms with Crippen LogP contribution in [0.2, 0.25) is 0 Å². The van der Waals surface area contributed by atoms with Crippen LogP contribution in [-0.2, 0) is 10.8 Å². The molecule has 5 heteroatoms. The number of benzene rings is 11. The predicted molar refractivity (Wildman–Crippen MR) is 313 cm³/mol. The van der Waals surface area contributed by atoms with Gasteiger partial charge in [0.25, 0.3) is 6.71 Å². The molecule has 358 valence electrons. The molecule has 0 spiro atoms. The van der Waals surface area contributed by atoms with Gasteiger partial charge >= 0.3 is 0 Å². The molecule has 2 aliphatic heterocycles. The van der Waals surface area contributed by atoms with Gasteiger partial charge in [0, 0.05) is 49.8 Å². The zero-order valence-corrected chi connectivity index (χ0v) is 43.0. The summed E-state index contributed by atoms with van der Waals surface area (Å²) in [5.74, 6) is 3.49. The highest BCUT2D eigenvalue weighted by atomic mass is 16.5. The molecular formula is C70H53BN2O2. The van der Waals surface area contributed by atoms with Crippen molar-refractivity contribution in [2.24, 2.45) is 0 Å². The monoisotopic (exact) mass is 964 g/mol. The molecule has 0 amide bonds. The molecule has 4 nitrogen and oxygen atoms in total. The Morgan fingerprint density at radius 3 is 1.16 bits per heavy atom. The molecule has 0 N–H and O–H groups in total. The van der Waals surface area contributed by atoms with Crippen LogP contribution in [0, 0.1) is 13.8 Å². The predicted octanol–water partition coefficient (Wildman–Crippen LogP) is 16.9. The number of aryl methyl sites for hydroxylation is 2. The lowest BCUT2D eigenvalue weighted by Gasteiger charge is -2.35. The van der Waals surface area contributed by atoms with Gasteiger partial charge in [-0.05, 0) is 176 Å². The van der Waals surface area contributed by atoms with E-state index in [1.165, 1.54) is 99.5 Å². The van der Waals surface area contributed by atoms with Crippen molar-refractivity contribution in [2.45, 2.75) is 52.4 Å². The molecule has 0 saturated heterocycles. The van der Waals surface area contributed by atoms with E-state index >= 15 is 0 Å². The van der Waals surface area contributed by atoms with Crippen LogP contribution in [0.1, 0.15) is 61.1 Å². The van der Waals surface area contributed by atoms with E-state index in [4.69, 9.17) is 9.47 Å². The van der Waals surface area contributed by atoms with Gasteiger partial charge in [0.05, 0.1) is 11.4 Å². The van der Waals surface area contributed by atoms with E-state index in [1.54, 1.807) is 0 Å². The third-order valence-electron chi connectivity index (χ3n) is 17.0. The first-order valence-electron chi connectivity index (χ1n) is 26.4. The van der Waals surface area contributed by atoms with Crippen LogP contribution in [0.5, 0.6) is 23.0 Å². The molecule has 0 fully saturated rings. The lowest BCUT2D eigenvalue weighted by Crippen LogP contribution is -2.57. The van der Waals surface area contributed by atoms with Crippen LogP contribution in [0.25, 0.3) is 43.8 Å². The van der Waals surface area contributed by atoms with E-state index in [2.05, 4.69) is 264 Å². The fourth-order valence-electron chi connectivity index (χ4n) is 13.5. The van der Waals surface area contributed by atoms with Gasteiger partial charge in [0.2, 0.25) is 0 Å². The van der Waals surface area contributed by atoms with Gasteiger partial charge in [-0.2, -0.15) is 0 Å². The standard InChI is InChI=1S/C70H53BN2O2/c1-42-20-17-26-46(34-42)72(44-22-9-7-10-23-44)60-40-56-66(50-30-15-13-28-48(50)60)52-36-64-58(38-54(52)69(56,3)4)71-59-39-55-53(37-65(59)75-63-33-19-32-62(74-64)68(63)71)67-51-31-16-14-29-49(51)61(41-57(67)70(55,5)6)73(45-24-11-8-12-25-45)47-27-18-21-43(2)35-47/h7-41H,1-6H3. The molecule has 2 aliphatic carbocycles. The Morgan fingerprint density at radius 2 is 0.733 bits per heavy atom. The summed E-state index contributed by atoms with van der Waals surface area (Å²) in [6, 6.07) is 78.2. The first kappa shape index (κ1) is 43.8. The number of hydrogen-bond donors (Lipinski definition) is 0. The lowest BCUT2D eigenvalue weighted by molar-refractivity contribution is 0.464. The molecule has 0 saturated carbocycles. The summed E-state index contributed by atoms with van der Waals surface area (Å²) in [5.41, 5.74) is 22.3. The van der Waals surface area contributed by atoms with Gasteiger partial charge < -0.3 is 19.3 Å². The van der Waals surface area contributed by atoms with Crippen LogP contribution >= 0.6 is 0 Å². The summed E-state index contributed by atoms with van der Waals surface area (Å²) < 4.78 is 14.2. The highest BCUT2D eigenvalue weighted by Crippen LogP contribution is 2.58. The Bertz CT molecular complexity index is 3970. The number of rotatable bonds is 6. The average molecular weight is 965 g/mol. The molecule has 4 aliphatic rings. The summed E-state index contributed by atoms with van der Waals surface area (Å²) in [4.78, 5) is 4.87. The van der Waals surface area contributed by atoms with Crippen LogP contribution in [0.15, 0.2) is 212 Å². The Labute approximate surface area is 439 Å². The van der Waals surface area contributed by atoms with E-state index in [0.29, 0.717) is 0 Å². The van der Waals surface area contributed by atoms with Crippen molar-refractivity contribution in [2.75, 3.05) is 9.80 Å². The van der Waals surface area contributed by atoms with Crippen molar-refractivity contribution in [3.8, 4) is 45.3 Å². The minimum atomic E-state index is -0.340. The molecule has 11 aromatic carbocycles. The number of nitrogens with zero attached hydrogens (tertiary/aromatic N) is 2. The molecule has 2 heterocycles. The number of ether oxygens (including phenoxy) is 2. The molecule has 11 aromatic rings. The van der Waals surface area contributed by atoms with E-state index in [9.17, 15) is 0 Å². The molecule has 0 radical (unpaired) electrons. The number of anilines is 6. The Hall–Kier alpha value is -8.80. The van der Waals surface area contributed by atoms with Crippen LogP contribution < -0.4 is 35.7 Å². The SMILES string of the molecule is Cc1cccc(N(c2ccccc2)c2cc3c(c4ccccc24)-c2cc4c(cc2C3(C)C)B2c3cc5c(cc3Oc3cccc(c32)O4)-c2c(cc(N(c3ccccc3)c3cccc(C)c3)c3ccccc23)C5(C)C)c1. The highest BCUT2D eigenvalue weighted by molar-refractivity contribution is 6.98. The average Bonchev–Trinajstić information content (AvgIpc) is 3.90. The smallest absolute Gasteiger partial charge is 0.260 e. The number of fused-ring (bicyclic) bond motifs is 14. The van der Waals surface area contributed by atoms with Crippen LogP contribution in [0.3, 0.4) is 0 Å². The highest BCUT2D eigenvalue weighted by Gasteiger charge is 2.47. The van der Waals surface area contributed by atoms with E-state index in [-0.39, 0.29) is 17.5 Å². The van der Waals surface area contributed by atoms with Crippen molar-refractivity contribution in [3.05, 3.63) is 246 Å². The van der Waals surface area contributed by atoms with Crippen molar-refractivity contribution < 1.29 is 9.47 Å². The minimum absolute atomic E-state index is 0.109. The van der Waals surface area contributed by atoms with Gasteiger partial charge in [0.15, 0.2) is 0 Å². The largest absolute Gasteiger partial charge is 0.458 e. The summed E-state index contributed by atoms with van der Waals surface area (Å²) in [6.07, 6.45) is 0. The minimum Gasteiger partial charge on any atom is -0.458 e. The second-order valence-corrected chi connectivity index (χ2v) is 22.2. The first-order chi connectivity index (χ1) is 36.5. The van der Waals surface area contributed by atoms with Gasteiger partial charge in [-0.25, -0.2) is 0 Å². The summed E-state index contributed by atoms with van der Waals surface area (Å²) in [6.45, 7) is 13.9. The molecule has 0 atom stereocenters. The zero-order chi connectivity index (χ0) is 50.5. The van der Waals surface area contributed by atoms with Gasteiger partial charge in [-0.3, -0.25) is 0 Å². The quantitative estimate of drug-likeness (QED) is 0.155. The maximum Gasteiger partial charge on any atom is 0.260 e. The van der Waals surface area contributed by atoms with Crippen molar-refractivity contribution in [1.29, 1.82) is 0 Å². The Morgan fingerprint density at radius 1 is 0.347 bits per heavy atom. The zero-order valence-electron chi connectivity index (χ0n) is 43.0. The molecule has 0 bridgehead atoms. The third-order valence-corrected chi connectivity index (χ3v) is 17.0. The van der Waals surface area contributed by atoms with E-state index < -0.39 is 0 Å². The Balaban J connectivity index is 0.910. The van der Waals surface area contributed by atoms with Gasteiger partial charge in [-0.15, -0.1) is 0 Å². The van der Waals surface area contributed by atoms with Crippen molar-refractivity contribution in [1.82, 2.24) is 0 Å². The number of para-hydroxylation sites is 2. The van der Waals surface area contributed by atoms with E-state index in [1.807, 2.05) is 0 Å². The van der Waals surface area contributed by atoms with Crippen molar-refractivity contribution >= 4 is 78.8 Å². The van der Waals surface area contributed by atoms with E-state index in [0.717, 1.165) is 51.2 Å². The normalized spacial score (nSPS) is 14.4. The van der Waals surface area contributed by atoms with Crippen LogP contribution in [-0.4, -0.2) is 6.71 Å². The fourth-order valence-corrected chi connectivity index (χ4v) is 13.5. The molecule has 75 heavy (non-hydrogen) atoms. The number of hydrogen-bond acceptors (Lipinski definition) is 4. The van der Waals surface area contributed by atoms with Crippen LogP contribution in [0.4, 0.5) is 34.1 Å². The summed E-state index contributed by atoms with van der Waals surface area (Å²) in [5, 5.41) is 4.88. The Kier molecular flexibility index (Phi) is 9.25.